The highest BCUT2D eigenvalue weighted by molar-refractivity contribution is 7.14. The minimum atomic E-state index is -0.974. The molecule has 2 aromatic rings. The number of carbonyl (C=O) groups is 2. The van der Waals surface area contributed by atoms with Gasteiger partial charge >= 0.3 is 5.97 Å². The predicted octanol–water partition coefficient (Wildman–Crippen LogP) is 4.90. The highest BCUT2D eigenvalue weighted by atomic mass is 35.5. The zero-order chi connectivity index (χ0) is 18.7. The lowest BCUT2D eigenvalue weighted by atomic mass is 10.1. The van der Waals surface area contributed by atoms with E-state index in [2.05, 4.69) is 10.3 Å². The smallest absolute Gasteiger partial charge is 0.349 e. The number of hydrogen-bond acceptors (Lipinski definition) is 5. The van der Waals surface area contributed by atoms with Crippen LogP contribution in [0.3, 0.4) is 0 Å². The summed E-state index contributed by atoms with van der Waals surface area (Å²) in [7, 11) is 0. The van der Waals surface area contributed by atoms with Crippen molar-refractivity contribution in [3.63, 3.8) is 0 Å². The van der Waals surface area contributed by atoms with Gasteiger partial charge in [-0.1, -0.05) is 29.6 Å². The quantitative estimate of drug-likeness (QED) is 0.572. The number of pyridine rings is 1. The first-order chi connectivity index (χ1) is 12.4. The maximum absolute atomic E-state index is 12.4. The van der Waals surface area contributed by atoms with Crippen LogP contribution in [0.25, 0.3) is 0 Å². The number of thiophene rings is 1. The molecule has 1 aliphatic carbocycles. The van der Waals surface area contributed by atoms with Gasteiger partial charge in [0, 0.05) is 11.1 Å². The predicted molar refractivity (Wildman–Crippen MR) is 103 cm³/mol. The second-order valence-electron chi connectivity index (χ2n) is 6.14. The molecule has 0 saturated heterocycles. The number of nitrogens with one attached hydrogen (secondary N) is 1. The number of anilines is 1. The van der Waals surface area contributed by atoms with Gasteiger partial charge in [0.2, 0.25) is 0 Å². The molecule has 0 aromatic carbocycles. The van der Waals surface area contributed by atoms with Crippen LogP contribution in [0.5, 0.6) is 0 Å². The van der Waals surface area contributed by atoms with E-state index < -0.39 is 18.0 Å². The number of halogens is 2. The molecule has 1 N–H and O–H groups in total. The van der Waals surface area contributed by atoms with Crippen molar-refractivity contribution in [3.05, 3.63) is 43.7 Å². The van der Waals surface area contributed by atoms with Crippen LogP contribution in [0.1, 0.15) is 46.3 Å². The van der Waals surface area contributed by atoms with Gasteiger partial charge in [0.1, 0.15) is 4.88 Å². The third-order valence-electron chi connectivity index (χ3n) is 4.15. The molecular weight excluding hydrogens is 395 g/mol. The number of aryl methyl sites for hydroxylation is 2. The Morgan fingerprint density at radius 3 is 2.77 bits per heavy atom. The van der Waals surface area contributed by atoms with Crippen molar-refractivity contribution in [2.75, 3.05) is 5.32 Å². The summed E-state index contributed by atoms with van der Waals surface area (Å²) in [6, 6.07) is 3.37. The van der Waals surface area contributed by atoms with Crippen molar-refractivity contribution in [2.24, 2.45) is 0 Å². The number of fused-ring (bicyclic) bond motifs is 1. The third-order valence-corrected chi connectivity index (χ3v) is 5.86. The topological polar surface area (TPSA) is 68.3 Å². The van der Waals surface area contributed by atoms with E-state index in [1.807, 2.05) is 6.07 Å². The Kier molecular flexibility index (Phi) is 6.16. The molecule has 8 heteroatoms. The summed E-state index contributed by atoms with van der Waals surface area (Å²) in [4.78, 5) is 30.4. The number of ether oxygens (including phenoxy) is 1. The molecule has 2 heterocycles. The Hall–Kier alpha value is -1.63. The summed E-state index contributed by atoms with van der Waals surface area (Å²) in [6.45, 7) is 1.51. The normalized spacial score (nSPS) is 14.9. The fourth-order valence-corrected chi connectivity index (χ4v) is 4.33. The Morgan fingerprint density at radius 2 is 2.00 bits per heavy atom. The van der Waals surface area contributed by atoms with Crippen LogP contribution in [0.2, 0.25) is 10.0 Å². The van der Waals surface area contributed by atoms with E-state index in [1.165, 1.54) is 47.4 Å². The lowest BCUT2D eigenvalue weighted by Crippen LogP contribution is -2.30. The second-order valence-corrected chi connectivity index (χ2v) is 8.12. The van der Waals surface area contributed by atoms with Gasteiger partial charge < -0.3 is 10.1 Å². The SMILES string of the molecule is C[C@@H](OC(=O)c1cc2c(s1)CCCCC2)C(=O)Nc1ncc(Cl)cc1Cl. The molecule has 0 spiro atoms. The number of esters is 1. The van der Waals surface area contributed by atoms with Crippen LogP contribution < -0.4 is 5.32 Å². The summed E-state index contributed by atoms with van der Waals surface area (Å²) in [5.41, 5.74) is 1.23. The molecule has 0 aliphatic heterocycles. The average molecular weight is 413 g/mol. The number of carbonyl (C=O) groups excluding carboxylic acids is 2. The molecule has 3 rings (SSSR count). The van der Waals surface area contributed by atoms with Crippen LogP contribution in [0.15, 0.2) is 18.3 Å². The molecule has 26 heavy (non-hydrogen) atoms. The number of nitrogens with zero attached hydrogens (tertiary/aromatic N) is 1. The minimum Gasteiger partial charge on any atom is -0.448 e. The van der Waals surface area contributed by atoms with Gasteiger partial charge in [0.25, 0.3) is 5.91 Å². The first kappa shape index (κ1) is 19.1. The maximum Gasteiger partial charge on any atom is 0.349 e. The maximum atomic E-state index is 12.4. The Bertz CT molecular complexity index is 814. The average Bonchev–Trinajstić information content (AvgIpc) is 2.88. The van der Waals surface area contributed by atoms with Gasteiger partial charge in [-0.15, -0.1) is 11.3 Å². The number of rotatable bonds is 4. The molecule has 0 radical (unpaired) electrons. The summed E-state index contributed by atoms with van der Waals surface area (Å²) >= 11 is 13.2. The van der Waals surface area contributed by atoms with Crippen LogP contribution in [-0.2, 0) is 22.4 Å². The molecule has 2 aromatic heterocycles. The first-order valence-electron chi connectivity index (χ1n) is 8.38. The van der Waals surface area contributed by atoms with Gasteiger partial charge in [0.15, 0.2) is 11.9 Å². The van der Waals surface area contributed by atoms with Gasteiger partial charge in [-0.05, 0) is 50.3 Å². The second kappa shape index (κ2) is 8.37. The summed E-state index contributed by atoms with van der Waals surface area (Å²) in [5.74, 6) is -0.819. The molecule has 1 amide bonds. The first-order valence-corrected chi connectivity index (χ1v) is 9.96. The van der Waals surface area contributed by atoms with E-state index in [9.17, 15) is 9.59 Å². The van der Waals surface area contributed by atoms with E-state index in [1.54, 1.807) is 0 Å². The van der Waals surface area contributed by atoms with E-state index in [-0.39, 0.29) is 10.8 Å². The Balaban J connectivity index is 1.62. The van der Waals surface area contributed by atoms with E-state index in [4.69, 9.17) is 27.9 Å². The highest BCUT2D eigenvalue weighted by Gasteiger charge is 2.23. The third kappa shape index (κ3) is 4.55. The lowest BCUT2D eigenvalue weighted by molar-refractivity contribution is -0.123. The zero-order valence-electron chi connectivity index (χ0n) is 14.2. The fourth-order valence-electron chi connectivity index (χ4n) is 2.77. The van der Waals surface area contributed by atoms with Crippen molar-refractivity contribution < 1.29 is 14.3 Å². The van der Waals surface area contributed by atoms with Crippen molar-refractivity contribution >= 4 is 52.2 Å². The van der Waals surface area contributed by atoms with Crippen molar-refractivity contribution in [2.45, 2.75) is 45.1 Å². The molecule has 5 nitrogen and oxygen atoms in total. The van der Waals surface area contributed by atoms with Gasteiger partial charge in [0.05, 0.1) is 10.0 Å². The highest BCUT2D eigenvalue weighted by Crippen LogP contribution is 2.29. The zero-order valence-corrected chi connectivity index (χ0v) is 16.5. The summed E-state index contributed by atoms with van der Waals surface area (Å²) in [6.07, 6.45) is 5.91. The number of hydrogen-bond donors (Lipinski definition) is 1. The number of amides is 1. The molecular formula is C18H18Cl2N2O3S. The van der Waals surface area contributed by atoms with Gasteiger partial charge in [-0.25, -0.2) is 9.78 Å². The standard InChI is InChI=1S/C18H18Cl2N2O3S/c1-10(17(23)22-16-13(20)8-12(19)9-21-16)25-18(24)15-7-11-5-3-2-4-6-14(11)26-15/h7-10H,2-6H2,1H3,(H,21,22,23)/t10-/m1/s1. The molecule has 0 fully saturated rings. The van der Waals surface area contributed by atoms with Crippen LogP contribution in [-0.4, -0.2) is 23.0 Å². The Morgan fingerprint density at radius 1 is 1.23 bits per heavy atom. The molecule has 138 valence electrons. The molecule has 1 atom stereocenters. The van der Waals surface area contributed by atoms with Crippen LogP contribution in [0, 0.1) is 0 Å². The lowest BCUT2D eigenvalue weighted by Gasteiger charge is -2.13. The van der Waals surface area contributed by atoms with E-state index in [0.717, 1.165) is 25.7 Å². The van der Waals surface area contributed by atoms with E-state index >= 15 is 0 Å². The van der Waals surface area contributed by atoms with Crippen molar-refractivity contribution in [1.29, 1.82) is 0 Å². The molecule has 0 bridgehead atoms. The van der Waals surface area contributed by atoms with Crippen molar-refractivity contribution in [1.82, 2.24) is 4.98 Å². The van der Waals surface area contributed by atoms with Crippen LogP contribution in [0.4, 0.5) is 5.82 Å². The van der Waals surface area contributed by atoms with Crippen LogP contribution >= 0.6 is 34.5 Å². The molecule has 0 saturated carbocycles. The molecule has 0 unspecified atom stereocenters. The van der Waals surface area contributed by atoms with Crippen molar-refractivity contribution in [3.8, 4) is 0 Å². The van der Waals surface area contributed by atoms with Gasteiger partial charge in [-0.3, -0.25) is 4.79 Å². The summed E-state index contributed by atoms with van der Waals surface area (Å²) in [5, 5.41) is 3.12. The largest absolute Gasteiger partial charge is 0.448 e. The monoisotopic (exact) mass is 412 g/mol. The Labute approximate surface area is 165 Å². The minimum absolute atomic E-state index is 0.173. The molecule has 1 aliphatic rings. The van der Waals surface area contributed by atoms with E-state index in [0.29, 0.717) is 9.90 Å². The fraction of sp³-hybridized carbons (Fsp3) is 0.389. The summed E-state index contributed by atoms with van der Waals surface area (Å²) < 4.78 is 5.31. The number of aromatic nitrogens is 1. The van der Waals surface area contributed by atoms with Gasteiger partial charge in [-0.2, -0.15) is 0 Å².